The molecule has 2 fully saturated rings. The molecule has 22 nitrogen and oxygen atoms in total. The second-order valence-electron chi connectivity index (χ2n) is 20.2. The molecule has 0 saturated carbocycles. The number of nitrogens with zero attached hydrogens (tertiary/aromatic N) is 8. The van der Waals surface area contributed by atoms with E-state index in [1.165, 1.54) is 53.2 Å². The molecule has 0 bridgehead atoms. The van der Waals surface area contributed by atoms with Crippen molar-refractivity contribution in [1.29, 1.82) is 0 Å². The van der Waals surface area contributed by atoms with Crippen LogP contribution in [0, 0.1) is 0 Å². The smallest absolute Gasteiger partial charge is 0.382 e. The van der Waals surface area contributed by atoms with E-state index >= 15 is 0 Å². The Morgan fingerprint density at radius 3 is 1.70 bits per heavy atom. The number of anilines is 2. The highest BCUT2D eigenvalue weighted by atomic mass is 33.1. The number of carbonyl (C=O) groups excluding carboxylic acids is 1. The number of phosphoric acid groups is 2. The van der Waals surface area contributed by atoms with E-state index in [1.54, 1.807) is 30.7 Å². The van der Waals surface area contributed by atoms with Gasteiger partial charge in [-0.2, -0.15) is 0 Å². The number of unbranched alkanes of at least 4 members (excludes halogenated alkanes) is 1. The van der Waals surface area contributed by atoms with Crippen LogP contribution in [0.15, 0.2) is 83.6 Å². The molecule has 0 aliphatic carbocycles. The Morgan fingerprint density at radius 2 is 1.15 bits per heavy atom. The minimum absolute atomic E-state index is 0.0147. The van der Waals surface area contributed by atoms with Gasteiger partial charge in [-0.15, -0.1) is 0 Å². The maximum Gasteiger partial charge on any atom is 0.472 e. The molecule has 2 aliphatic rings. The Labute approximate surface area is 472 Å². The van der Waals surface area contributed by atoms with E-state index in [0.717, 1.165) is 57.8 Å². The minimum atomic E-state index is -4.81. The first-order valence-corrected chi connectivity index (χ1v) is 32.5. The van der Waals surface area contributed by atoms with Crippen LogP contribution in [0.1, 0.15) is 151 Å². The molecule has 6 rings (SSSR count). The number of rotatable bonds is 34. The van der Waals surface area contributed by atoms with Crippen molar-refractivity contribution < 1.29 is 51.3 Å². The number of nitrogens with two attached hydrogens (primary N) is 2. The summed E-state index contributed by atoms with van der Waals surface area (Å²) in [5.41, 5.74) is 20.4. The fourth-order valence-corrected chi connectivity index (χ4v) is 12.9. The molecule has 7 N–H and O–H groups in total. The topological polar surface area (TPSA) is 298 Å². The molecule has 4 unspecified atom stereocenters. The third kappa shape index (κ3) is 20.9. The van der Waals surface area contributed by atoms with Crippen LogP contribution in [0.2, 0.25) is 0 Å². The zero-order valence-electron chi connectivity index (χ0n) is 46.6. The first-order valence-electron chi connectivity index (χ1n) is 27.1. The van der Waals surface area contributed by atoms with Gasteiger partial charge in [-0.1, -0.05) is 86.8 Å². The fourth-order valence-electron chi connectivity index (χ4n) is 9.00. The highest BCUT2D eigenvalue weighted by molar-refractivity contribution is 8.76. The number of carbonyl (C=O) groups is 1. The first kappa shape index (κ1) is 63.9. The first-order chi connectivity index (χ1) is 37.8. The molecule has 6 heterocycles. The maximum absolute atomic E-state index is 13.5. The lowest BCUT2D eigenvalue weighted by molar-refractivity contribution is -0.120. The second-order valence-corrected chi connectivity index (χ2v) is 25.7. The Balaban J connectivity index is 0.862. The summed E-state index contributed by atoms with van der Waals surface area (Å²) in [5, 5.41) is 2.99. The summed E-state index contributed by atoms with van der Waals surface area (Å²) < 4.78 is 64.7. The average molecular weight is 1170 g/mol. The summed E-state index contributed by atoms with van der Waals surface area (Å²) in [5.74, 6) is 1.65. The van der Waals surface area contributed by atoms with E-state index < -0.39 is 59.1 Å². The summed E-state index contributed by atoms with van der Waals surface area (Å²) >= 11 is 0. The summed E-state index contributed by atoms with van der Waals surface area (Å²) in [6.07, 6.45) is 22.6. The van der Waals surface area contributed by atoms with Crippen molar-refractivity contribution in [3.63, 3.8) is 0 Å². The van der Waals surface area contributed by atoms with Crippen LogP contribution in [-0.2, 0) is 41.5 Å². The molecule has 1 amide bonds. The number of phosphoric ester groups is 2. The van der Waals surface area contributed by atoms with Crippen molar-refractivity contribution in [2.45, 2.75) is 175 Å². The third-order valence-corrected chi connectivity index (χ3v) is 17.9. The lowest BCUT2D eigenvalue weighted by atomic mass is 10.0. The van der Waals surface area contributed by atoms with Gasteiger partial charge in [0.25, 0.3) is 0 Å². The number of hydrogen-bond acceptors (Lipinski definition) is 19. The Kier molecular flexibility index (Phi) is 25.7. The van der Waals surface area contributed by atoms with Gasteiger partial charge >= 0.3 is 15.6 Å². The molecule has 2 saturated heterocycles. The predicted molar refractivity (Wildman–Crippen MR) is 311 cm³/mol. The maximum atomic E-state index is 13.5. The number of nitrogens with one attached hydrogen (secondary N) is 1. The summed E-state index contributed by atoms with van der Waals surface area (Å²) in [6.45, 7) is 14.8. The SMILES string of the molecule is CC[C@H]1O[C@@H](n2cnc3c(N)ncnc32)CC1OP(=O)(O)OC[C@H]1O[C@@H](n2cnc3c(N)ncnc32)CC1OP(=O)(O)OCCCSSCCNC(=O)CC/C(C)=C/CC/C(C)=C/CC/C=C(\C)CC/C=C(\C)CCC=C(C)C. The number of aromatic nitrogens is 8. The summed E-state index contributed by atoms with van der Waals surface area (Å²) in [7, 11) is -6.36. The molecule has 79 heavy (non-hydrogen) atoms. The molecule has 8 atom stereocenters. The zero-order valence-corrected chi connectivity index (χ0v) is 50.0. The van der Waals surface area contributed by atoms with Crippen LogP contribution in [0.4, 0.5) is 11.6 Å². The lowest BCUT2D eigenvalue weighted by Gasteiger charge is -2.24. The Morgan fingerprint density at radius 1 is 0.671 bits per heavy atom. The van der Waals surface area contributed by atoms with Crippen LogP contribution >= 0.6 is 37.2 Å². The van der Waals surface area contributed by atoms with E-state index in [0.29, 0.717) is 59.6 Å². The van der Waals surface area contributed by atoms with Crippen LogP contribution in [0.3, 0.4) is 0 Å². The minimum Gasteiger partial charge on any atom is -0.382 e. The van der Waals surface area contributed by atoms with Gasteiger partial charge in [0.2, 0.25) is 5.91 Å². The van der Waals surface area contributed by atoms with E-state index in [4.69, 9.17) is 39.0 Å². The van der Waals surface area contributed by atoms with Crippen molar-refractivity contribution in [3.05, 3.63) is 83.6 Å². The van der Waals surface area contributed by atoms with E-state index in [2.05, 4.69) is 107 Å². The van der Waals surface area contributed by atoms with Gasteiger partial charge in [-0.3, -0.25) is 32.0 Å². The van der Waals surface area contributed by atoms with E-state index in [9.17, 15) is 23.7 Å². The van der Waals surface area contributed by atoms with Gasteiger partial charge in [-0.05, 0) is 112 Å². The third-order valence-electron chi connectivity index (χ3n) is 13.4. The highest BCUT2D eigenvalue weighted by Crippen LogP contribution is 2.52. The van der Waals surface area contributed by atoms with Crippen LogP contribution < -0.4 is 16.8 Å². The van der Waals surface area contributed by atoms with Crippen molar-refractivity contribution in [1.82, 2.24) is 44.4 Å². The zero-order chi connectivity index (χ0) is 57.0. The van der Waals surface area contributed by atoms with E-state index in [1.807, 2.05) is 6.92 Å². The van der Waals surface area contributed by atoms with Crippen molar-refractivity contribution in [2.75, 3.05) is 42.7 Å². The molecule has 0 radical (unpaired) electrons. The van der Waals surface area contributed by atoms with Gasteiger partial charge < -0.3 is 36.0 Å². The molecule has 0 spiro atoms. The number of fused-ring (bicyclic) bond motifs is 2. The molecule has 4 aromatic heterocycles. The quantitative estimate of drug-likeness (QED) is 0.0126. The number of allylic oxidation sites excluding steroid dienone is 10. The molecule has 0 aromatic carbocycles. The van der Waals surface area contributed by atoms with Crippen molar-refractivity contribution >= 4 is 77.1 Å². The molecule has 26 heteroatoms. The standard InChI is InChI=1S/C53H81N11O11P2S2/c1-8-41-42(29-46(72-41)63-34-61-48-50(54)57-32-59-52(48)63)74-77(68,69)71-31-44-43(30-47(73-44)64-35-62-49-51(55)58-33-60-53(49)64)75-76(66,67)70-26-14-27-78-79-28-25-56-45(65)24-23-40(7)22-13-20-38(5)17-10-9-16-37(4)19-12-21-39(6)18-11-15-36(2)3/h15-17,21-22,32-35,41-44,46-47H,8-14,18-20,23-31H2,1-7H3,(H,56,65)(H,66,67)(H,68,69)(H2,54,57,59)(H2,55,58,60)/b37-16+,38-17+,39-21+,40-22+/t41-,42?,43?,44-,46-,47-/m1/s1. The number of hydrogen-bond donors (Lipinski definition) is 5. The summed E-state index contributed by atoms with van der Waals surface area (Å²) in [6, 6.07) is 0. The normalized spacial score (nSPS) is 21.9. The highest BCUT2D eigenvalue weighted by Gasteiger charge is 2.45. The van der Waals surface area contributed by atoms with Gasteiger partial charge in [-0.25, -0.2) is 39.0 Å². The molecule has 2 aliphatic heterocycles. The van der Waals surface area contributed by atoms with Crippen molar-refractivity contribution in [3.8, 4) is 0 Å². The number of imidazole rings is 2. The molecular weight excluding hydrogens is 1090 g/mol. The fraction of sp³-hybridized carbons (Fsp3) is 0.604. The van der Waals surface area contributed by atoms with Gasteiger partial charge in [0, 0.05) is 37.3 Å². The average Bonchev–Trinajstić information content (AvgIpc) is 4.34. The lowest BCUT2D eigenvalue weighted by Crippen LogP contribution is -2.29. The van der Waals surface area contributed by atoms with E-state index in [-0.39, 0.29) is 37.0 Å². The predicted octanol–water partition coefficient (Wildman–Crippen LogP) is 11.4. The Hall–Kier alpha value is -4.29. The van der Waals surface area contributed by atoms with Crippen LogP contribution in [0.25, 0.3) is 22.3 Å². The van der Waals surface area contributed by atoms with Crippen molar-refractivity contribution in [2.24, 2.45) is 0 Å². The summed E-state index contributed by atoms with van der Waals surface area (Å²) in [4.78, 5) is 59.5. The largest absolute Gasteiger partial charge is 0.472 e. The molecular formula is C53H81N11O11P2S2. The van der Waals surface area contributed by atoms with Crippen LogP contribution in [0.5, 0.6) is 0 Å². The number of nitrogen functional groups attached to an aromatic ring is 2. The van der Waals surface area contributed by atoms with Gasteiger partial charge in [0.05, 0.1) is 38.1 Å². The van der Waals surface area contributed by atoms with Gasteiger partial charge in [0.1, 0.15) is 48.4 Å². The van der Waals surface area contributed by atoms with Crippen LogP contribution in [-0.4, -0.2) is 110 Å². The van der Waals surface area contributed by atoms with Gasteiger partial charge in [0.15, 0.2) is 22.9 Å². The molecule has 436 valence electrons. The Bertz CT molecular complexity index is 2880. The number of amides is 1. The monoisotopic (exact) mass is 1170 g/mol. The second kappa shape index (κ2) is 31.8. The number of ether oxygens (including phenoxy) is 2. The molecule has 4 aromatic rings.